The average molecular weight is 277 g/mol. The second-order valence-corrected chi connectivity index (χ2v) is 4.91. The molecule has 0 bridgehead atoms. The molecule has 1 aliphatic heterocycles. The molecule has 1 saturated heterocycles. The van der Waals surface area contributed by atoms with Crippen molar-refractivity contribution in [3.63, 3.8) is 0 Å². The second-order valence-electron chi connectivity index (χ2n) is 4.91. The molecule has 0 spiro atoms. The highest BCUT2D eigenvalue weighted by Gasteiger charge is 2.22. The summed E-state index contributed by atoms with van der Waals surface area (Å²) in [6.07, 6.45) is 1.01. The van der Waals surface area contributed by atoms with Gasteiger partial charge in [0.05, 0.1) is 6.54 Å². The van der Waals surface area contributed by atoms with Gasteiger partial charge in [-0.1, -0.05) is 0 Å². The van der Waals surface area contributed by atoms with E-state index >= 15 is 0 Å². The van der Waals surface area contributed by atoms with Crippen LogP contribution in [-0.2, 0) is 6.54 Å². The van der Waals surface area contributed by atoms with Crippen LogP contribution in [0.1, 0.15) is 12.2 Å². The van der Waals surface area contributed by atoms with Crippen LogP contribution in [0.5, 0.6) is 0 Å². The van der Waals surface area contributed by atoms with Crippen LogP contribution in [0.15, 0.2) is 29.1 Å². The lowest BCUT2D eigenvalue weighted by Gasteiger charge is -2.18. The Balaban J connectivity index is 1.54. The van der Waals surface area contributed by atoms with Crippen molar-refractivity contribution in [3.8, 4) is 0 Å². The standard InChI is InChI=1S/C13H16FN5O/c14-9-1-3-11(4-2-9)19-6-5-10(8-19)15-7-12-16-13(20)18-17-12/h1-4,10,15H,5-8H2,(H2,16,17,18,20)/t10-/m0/s1. The largest absolute Gasteiger partial charge is 0.370 e. The highest BCUT2D eigenvalue weighted by atomic mass is 19.1. The molecule has 1 aliphatic rings. The summed E-state index contributed by atoms with van der Waals surface area (Å²) >= 11 is 0. The summed E-state index contributed by atoms with van der Waals surface area (Å²) in [5.41, 5.74) is 0.741. The summed E-state index contributed by atoms with van der Waals surface area (Å²) in [5, 5.41) is 9.54. The maximum Gasteiger partial charge on any atom is 0.340 e. The van der Waals surface area contributed by atoms with Crippen LogP contribution < -0.4 is 15.9 Å². The maximum atomic E-state index is 12.9. The Hall–Kier alpha value is -2.15. The molecule has 2 heterocycles. The first-order valence-electron chi connectivity index (χ1n) is 6.58. The van der Waals surface area contributed by atoms with Crippen LogP contribution in [0.2, 0.25) is 0 Å². The van der Waals surface area contributed by atoms with Gasteiger partial charge in [-0.25, -0.2) is 14.3 Å². The fourth-order valence-electron chi connectivity index (χ4n) is 2.44. The molecule has 7 heteroatoms. The van der Waals surface area contributed by atoms with Gasteiger partial charge in [0.25, 0.3) is 0 Å². The van der Waals surface area contributed by atoms with E-state index in [9.17, 15) is 9.18 Å². The first-order chi connectivity index (χ1) is 9.70. The van der Waals surface area contributed by atoms with Crippen LogP contribution in [0.3, 0.4) is 0 Å². The summed E-state index contributed by atoms with van der Waals surface area (Å²) < 4.78 is 12.9. The van der Waals surface area contributed by atoms with Gasteiger partial charge in [-0.15, -0.1) is 0 Å². The van der Waals surface area contributed by atoms with Crippen LogP contribution in [0.4, 0.5) is 10.1 Å². The van der Waals surface area contributed by atoms with Crippen LogP contribution in [0, 0.1) is 5.82 Å². The quantitative estimate of drug-likeness (QED) is 0.765. The summed E-state index contributed by atoms with van der Waals surface area (Å²) in [5.74, 6) is 0.389. The zero-order valence-corrected chi connectivity index (χ0v) is 10.9. The van der Waals surface area contributed by atoms with Crippen molar-refractivity contribution < 1.29 is 4.39 Å². The van der Waals surface area contributed by atoms with Gasteiger partial charge in [-0.3, -0.25) is 4.98 Å². The normalized spacial score (nSPS) is 18.6. The molecule has 0 amide bonds. The van der Waals surface area contributed by atoms with Gasteiger partial charge in [0, 0.05) is 24.8 Å². The van der Waals surface area contributed by atoms with E-state index in [0.717, 1.165) is 25.2 Å². The Kier molecular flexibility index (Phi) is 3.51. The van der Waals surface area contributed by atoms with Crippen molar-refractivity contribution >= 4 is 5.69 Å². The lowest BCUT2D eigenvalue weighted by atomic mass is 10.2. The Morgan fingerprint density at radius 1 is 1.40 bits per heavy atom. The van der Waals surface area contributed by atoms with Gasteiger partial charge < -0.3 is 10.2 Å². The van der Waals surface area contributed by atoms with E-state index in [0.29, 0.717) is 18.4 Å². The molecule has 1 aromatic heterocycles. The number of aromatic nitrogens is 3. The van der Waals surface area contributed by atoms with E-state index in [2.05, 4.69) is 25.4 Å². The third-order valence-corrected chi connectivity index (χ3v) is 3.49. The molecule has 2 aromatic rings. The Bertz CT molecular complexity index is 620. The fraction of sp³-hybridized carbons (Fsp3) is 0.385. The Labute approximate surface area is 115 Å². The van der Waals surface area contributed by atoms with Crippen LogP contribution >= 0.6 is 0 Å². The van der Waals surface area contributed by atoms with Crippen molar-refractivity contribution in [2.24, 2.45) is 0 Å². The Morgan fingerprint density at radius 3 is 2.90 bits per heavy atom. The monoisotopic (exact) mass is 277 g/mol. The molecule has 0 unspecified atom stereocenters. The fourth-order valence-corrected chi connectivity index (χ4v) is 2.44. The lowest BCUT2D eigenvalue weighted by Crippen LogP contribution is -2.32. The number of nitrogens with zero attached hydrogens (tertiary/aromatic N) is 2. The number of anilines is 1. The minimum Gasteiger partial charge on any atom is -0.370 e. The predicted octanol–water partition coefficient (Wildman–Crippen LogP) is 0.606. The van der Waals surface area contributed by atoms with Gasteiger partial charge in [0.1, 0.15) is 11.6 Å². The number of halogens is 1. The second kappa shape index (κ2) is 5.46. The number of rotatable bonds is 4. The SMILES string of the molecule is O=c1[nH]nc(CN[C@H]2CCN(c3ccc(F)cc3)C2)[nH]1. The lowest BCUT2D eigenvalue weighted by molar-refractivity contribution is 0.539. The van der Waals surface area contributed by atoms with E-state index in [-0.39, 0.29) is 11.5 Å². The van der Waals surface area contributed by atoms with Crippen molar-refractivity contribution in [2.45, 2.75) is 19.0 Å². The van der Waals surface area contributed by atoms with Crippen molar-refractivity contribution in [1.82, 2.24) is 20.5 Å². The Morgan fingerprint density at radius 2 is 2.20 bits per heavy atom. The van der Waals surface area contributed by atoms with Crippen LogP contribution in [-0.4, -0.2) is 34.3 Å². The van der Waals surface area contributed by atoms with E-state index < -0.39 is 0 Å². The minimum absolute atomic E-state index is 0.217. The van der Waals surface area contributed by atoms with Crippen molar-refractivity contribution in [1.29, 1.82) is 0 Å². The third kappa shape index (κ3) is 2.88. The first kappa shape index (κ1) is 12.9. The molecule has 6 nitrogen and oxygen atoms in total. The van der Waals surface area contributed by atoms with E-state index in [1.54, 1.807) is 12.1 Å². The van der Waals surface area contributed by atoms with Gasteiger partial charge in [-0.05, 0) is 30.7 Å². The summed E-state index contributed by atoms with van der Waals surface area (Å²) in [4.78, 5) is 15.7. The molecule has 0 aliphatic carbocycles. The minimum atomic E-state index is -0.291. The number of aromatic amines is 2. The number of benzene rings is 1. The van der Waals surface area contributed by atoms with Gasteiger partial charge in [0.2, 0.25) is 0 Å². The number of hydrogen-bond donors (Lipinski definition) is 3. The third-order valence-electron chi connectivity index (χ3n) is 3.49. The highest BCUT2D eigenvalue weighted by molar-refractivity contribution is 5.47. The summed E-state index contributed by atoms with van der Waals surface area (Å²) in [7, 11) is 0. The smallest absolute Gasteiger partial charge is 0.340 e. The molecule has 1 fully saturated rings. The van der Waals surface area contributed by atoms with Gasteiger partial charge in [0.15, 0.2) is 0 Å². The molecule has 0 radical (unpaired) electrons. The van der Waals surface area contributed by atoms with E-state index in [4.69, 9.17) is 0 Å². The zero-order chi connectivity index (χ0) is 13.9. The molecule has 0 saturated carbocycles. The molecule has 1 atom stereocenters. The summed E-state index contributed by atoms with van der Waals surface area (Å²) in [6.45, 7) is 2.32. The number of nitrogens with one attached hydrogen (secondary N) is 3. The van der Waals surface area contributed by atoms with E-state index in [1.165, 1.54) is 12.1 Å². The summed E-state index contributed by atoms with van der Waals surface area (Å²) in [6, 6.07) is 6.88. The topological polar surface area (TPSA) is 76.8 Å². The van der Waals surface area contributed by atoms with Gasteiger partial charge in [-0.2, -0.15) is 5.10 Å². The first-order valence-corrected chi connectivity index (χ1v) is 6.58. The molecular formula is C13H16FN5O. The average Bonchev–Trinajstić information content (AvgIpc) is 3.06. The van der Waals surface area contributed by atoms with E-state index in [1.807, 2.05) is 0 Å². The predicted molar refractivity (Wildman–Crippen MR) is 73.1 cm³/mol. The van der Waals surface area contributed by atoms with Gasteiger partial charge >= 0.3 is 5.69 Å². The molecule has 20 heavy (non-hydrogen) atoms. The van der Waals surface area contributed by atoms with Crippen LogP contribution in [0.25, 0.3) is 0 Å². The molecule has 106 valence electrons. The molecule has 3 N–H and O–H groups in total. The molecule has 3 rings (SSSR count). The maximum absolute atomic E-state index is 12.9. The number of hydrogen-bond acceptors (Lipinski definition) is 4. The molecular weight excluding hydrogens is 261 g/mol. The zero-order valence-electron chi connectivity index (χ0n) is 10.9. The molecule has 1 aromatic carbocycles. The van der Waals surface area contributed by atoms with Crippen molar-refractivity contribution in [3.05, 3.63) is 46.4 Å². The number of H-pyrrole nitrogens is 2. The van der Waals surface area contributed by atoms with Crippen molar-refractivity contribution in [2.75, 3.05) is 18.0 Å². The highest BCUT2D eigenvalue weighted by Crippen LogP contribution is 2.20.